The molecule has 1 unspecified atom stereocenters. The second kappa shape index (κ2) is 57.4. The lowest BCUT2D eigenvalue weighted by molar-refractivity contribution is -0.162. The lowest BCUT2D eigenvalue weighted by Crippen LogP contribution is -2.30. The predicted octanol–water partition coefficient (Wildman–Crippen LogP) is 19.1. The highest BCUT2D eigenvalue weighted by atomic mass is 16.6. The predicted molar refractivity (Wildman–Crippen MR) is 297 cm³/mol. The molecular weight excluding hydrogens is 837 g/mol. The summed E-state index contributed by atoms with van der Waals surface area (Å²) in [5.41, 5.74) is 0. The van der Waals surface area contributed by atoms with E-state index >= 15 is 0 Å². The van der Waals surface area contributed by atoms with Gasteiger partial charge in [0.05, 0.1) is 6.61 Å². The number of rotatable bonds is 49. The molecule has 0 bridgehead atoms. The van der Waals surface area contributed by atoms with Gasteiger partial charge >= 0.3 is 11.9 Å². The summed E-state index contributed by atoms with van der Waals surface area (Å²) in [7, 11) is 0. The highest BCUT2D eigenvalue weighted by Gasteiger charge is 2.17. The van der Waals surface area contributed by atoms with E-state index < -0.39 is 6.10 Å². The fourth-order valence-electron chi connectivity index (χ4n) is 7.11. The third-order valence-electron chi connectivity index (χ3n) is 11.2. The lowest BCUT2D eigenvalue weighted by Gasteiger charge is -2.18. The Hall–Kier alpha value is -3.96. The molecule has 0 radical (unpaired) electrons. The normalized spacial score (nSPS) is 13.3. The van der Waals surface area contributed by atoms with Gasteiger partial charge in [0, 0.05) is 19.4 Å². The van der Waals surface area contributed by atoms with Gasteiger partial charge in [0.15, 0.2) is 6.10 Å². The maximum atomic E-state index is 12.8. The van der Waals surface area contributed by atoms with Gasteiger partial charge in [0.1, 0.15) is 6.61 Å². The number of unbranched alkanes of at least 4 members (excludes halogenated alkanes) is 16. The van der Waals surface area contributed by atoms with Crippen molar-refractivity contribution in [3.05, 3.63) is 134 Å². The molecule has 0 N–H and O–H groups in total. The first-order valence-electron chi connectivity index (χ1n) is 27.7. The minimum absolute atomic E-state index is 0.0273. The maximum Gasteiger partial charge on any atom is 0.306 e. The minimum atomic E-state index is -0.589. The topological polar surface area (TPSA) is 61.8 Å². The van der Waals surface area contributed by atoms with E-state index in [1.165, 1.54) is 77.0 Å². The summed E-state index contributed by atoms with van der Waals surface area (Å²) < 4.78 is 17.4. The summed E-state index contributed by atoms with van der Waals surface area (Å²) in [6.45, 7) is 7.46. The second-order valence-electron chi connectivity index (χ2n) is 17.7. The molecule has 384 valence electrons. The van der Waals surface area contributed by atoms with Crippen LogP contribution in [0.15, 0.2) is 134 Å². The van der Waals surface area contributed by atoms with Crippen LogP contribution < -0.4 is 0 Å². The summed E-state index contributed by atoms with van der Waals surface area (Å²) in [5.74, 6) is -0.524. The Kier molecular flexibility index (Phi) is 54.0. The Labute approximate surface area is 419 Å². The van der Waals surface area contributed by atoms with Gasteiger partial charge in [-0.15, -0.1) is 0 Å². The van der Waals surface area contributed by atoms with Crippen molar-refractivity contribution in [1.82, 2.24) is 0 Å². The summed E-state index contributed by atoms with van der Waals surface area (Å²) in [4.78, 5) is 25.5. The van der Waals surface area contributed by atoms with E-state index in [0.29, 0.717) is 25.9 Å². The smallest absolute Gasteiger partial charge is 0.306 e. The third-order valence-corrected chi connectivity index (χ3v) is 11.2. The lowest BCUT2D eigenvalue weighted by atomic mass is 10.1. The zero-order chi connectivity index (χ0) is 49.2. The molecule has 5 nitrogen and oxygen atoms in total. The van der Waals surface area contributed by atoms with Crippen molar-refractivity contribution < 1.29 is 23.8 Å². The number of hydrogen-bond donors (Lipinski definition) is 0. The molecular formula is C63H102O5. The van der Waals surface area contributed by atoms with Gasteiger partial charge in [-0.3, -0.25) is 9.59 Å². The molecule has 0 aliphatic heterocycles. The first-order valence-corrected chi connectivity index (χ1v) is 27.7. The summed E-state index contributed by atoms with van der Waals surface area (Å²) in [6, 6.07) is 0. The van der Waals surface area contributed by atoms with E-state index in [0.717, 1.165) is 109 Å². The Morgan fingerprint density at radius 3 is 1.12 bits per heavy atom. The molecule has 0 saturated carbocycles. The van der Waals surface area contributed by atoms with Crippen LogP contribution >= 0.6 is 0 Å². The van der Waals surface area contributed by atoms with Crippen molar-refractivity contribution >= 4 is 11.9 Å². The SMILES string of the molecule is CC/C=C\C/C=C\C/C=C\C/C=C\C/C=C\C/C=C\CCC(=O)OCC(COCCCCCCCCCC/C=C\C/C=C\CCCCC)OC(=O)CCCCCCC/C=C\C/C=C\C/C=C\CC. The number of carbonyl (C=O) groups excluding carboxylic acids is 2. The van der Waals surface area contributed by atoms with E-state index in [1.807, 2.05) is 6.08 Å². The van der Waals surface area contributed by atoms with Crippen LogP contribution in [0.1, 0.15) is 226 Å². The van der Waals surface area contributed by atoms with E-state index in [9.17, 15) is 9.59 Å². The zero-order valence-corrected chi connectivity index (χ0v) is 44.1. The molecule has 0 saturated heterocycles. The monoisotopic (exact) mass is 939 g/mol. The van der Waals surface area contributed by atoms with Gasteiger partial charge in [0.2, 0.25) is 0 Å². The zero-order valence-electron chi connectivity index (χ0n) is 44.1. The molecule has 0 aromatic heterocycles. The van der Waals surface area contributed by atoms with Crippen molar-refractivity contribution in [2.75, 3.05) is 19.8 Å². The first-order chi connectivity index (χ1) is 33.6. The molecule has 0 aromatic carbocycles. The fraction of sp³-hybridized carbons (Fsp3) is 0.619. The molecule has 0 rings (SSSR count). The number of carbonyl (C=O) groups is 2. The molecule has 1 atom stereocenters. The Morgan fingerprint density at radius 2 is 0.691 bits per heavy atom. The molecule has 0 aliphatic carbocycles. The second-order valence-corrected chi connectivity index (χ2v) is 17.7. The van der Waals surface area contributed by atoms with Crippen molar-refractivity contribution in [3.63, 3.8) is 0 Å². The van der Waals surface area contributed by atoms with E-state index in [1.54, 1.807) is 0 Å². The van der Waals surface area contributed by atoms with Gasteiger partial charge < -0.3 is 14.2 Å². The average Bonchev–Trinajstić information content (AvgIpc) is 3.34. The maximum absolute atomic E-state index is 12.8. The average molecular weight is 940 g/mol. The van der Waals surface area contributed by atoms with Crippen molar-refractivity contribution in [2.45, 2.75) is 232 Å². The van der Waals surface area contributed by atoms with Crippen LogP contribution in [0.5, 0.6) is 0 Å². The van der Waals surface area contributed by atoms with Crippen LogP contribution in [-0.2, 0) is 23.8 Å². The van der Waals surface area contributed by atoms with Crippen molar-refractivity contribution in [2.24, 2.45) is 0 Å². The molecule has 68 heavy (non-hydrogen) atoms. The third kappa shape index (κ3) is 54.6. The van der Waals surface area contributed by atoms with E-state index in [-0.39, 0.29) is 25.2 Å². The van der Waals surface area contributed by atoms with Gasteiger partial charge in [-0.05, 0) is 122 Å². The number of hydrogen-bond acceptors (Lipinski definition) is 5. The van der Waals surface area contributed by atoms with Crippen LogP contribution in [0.2, 0.25) is 0 Å². The fourth-order valence-corrected chi connectivity index (χ4v) is 7.11. The summed E-state index contributed by atoms with van der Waals surface area (Å²) in [6.07, 6.45) is 81.9. The first kappa shape index (κ1) is 64.0. The quantitative estimate of drug-likeness (QED) is 0.0345. The number of ether oxygens (including phenoxy) is 3. The van der Waals surface area contributed by atoms with E-state index in [4.69, 9.17) is 14.2 Å². The highest BCUT2D eigenvalue weighted by molar-refractivity contribution is 5.70. The molecule has 0 fully saturated rings. The Bertz CT molecular complexity index is 1430. The van der Waals surface area contributed by atoms with Crippen LogP contribution in [0.25, 0.3) is 0 Å². The Morgan fingerprint density at radius 1 is 0.338 bits per heavy atom. The Balaban J connectivity index is 4.45. The van der Waals surface area contributed by atoms with Crippen LogP contribution in [0, 0.1) is 0 Å². The standard InChI is InChI=1S/C63H102O5/c1-4-7-10-13-16-19-22-25-28-30-32-33-36-38-41-44-47-50-53-56-62(64)67-60-61(68-63(65)57-54-51-48-45-42-39-35-27-24-21-18-15-12-9-6-3)59-66-58-55-52-49-46-43-40-37-34-31-29-26-23-20-17-14-11-8-5-2/h7,9-10,12,16-21,25-29,32-33,35,38,41,47,50,61H,4-6,8,11,13-15,22-24,30-31,34,36-37,39-40,42-46,48-49,51-60H2,1-3H3/b10-7-,12-9-,19-16-,20-17-,21-18-,28-25-,29-26-,33-32-,35-27-,41-38-,50-47-. The molecule has 5 heteroatoms. The van der Waals surface area contributed by atoms with Crippen LogP contribution in [0.3, 0.4) is 0 Å². The number of allylic oxidation sites excluding steroid dienone is 22. The summed E-state index contributed by atoms with van der Waals surface area (Å²) >= 11 is 0. The summed E-state index contributed by atoms with van der Waals surface area (Å²) in [5, 5.41) is 0. The largest absolute Gasteiger partial charge is 0.462 e. The van der Waals surface area contributed by atoms with Crippen LogP contribution in [-0.4, -0.2) is 37.9 Å². The van der Waals surface area contributed by atoms with Gasteiger partial charge in [0.25, 0.3) is 0 Å². The molecule has 0 spiro atoms. The van der Waals surface area contributed by atoms with Gasteiger partial charge in [-0.25, -0.2) is 0 Å². The highest BCUT2D eigenvalue weighted by Crippen LogP contribution is 2.13. The molecule has 0 aromatic rings. The minimum Gasteiger partial charge on any atom is -0.462 e. The van der Waals surface area contributed by atoms with Crippen molar-refractivity contribution in [3.8, 4) is 0 Å². The van der Waals surface area contributed by atoms with Gasteiger partial charge in [-0.1, -0.05) is 225 Å². The van der Waals surface area contributed by atoms with Gasteiger partial charge in [-0.2, -0.15) is 0 Å². The molecule has 0 amide bonds. The van der Waals surface area contributed by atoms with Crippen LogP contribution in [0.4, 0.5) is 0 Å². The van der Waals surface area contributed by atoms with Crippen molar-refractivity contribution in [1.29, 1.82) is 0 Å². The molecule has 0 heterocycles. The van der Waals surface area contributed by atoms with E-state index in [2.05, 4.69) is 148 Å². The molecule has 0 aliphatic rings. The number of esters is 2.